The van der Waals surface area contributed by atoms with Crippen LogP contribution in [0.5, 0.6) is 5.75 Å². The number of carbonyl (C=O) groups excluding carboxylic acids is 1. The van der Waals surface area contributed by atoms with Crippen molar-refractivity contribution >= 4 is 29.2 Å². The predicted molar refractivity (Wildman–Crippen MR) is 80.3 cm³/mol. The number of benzene rings is 1. The molecule has 0 aliphatic heterocycles. The summed E-state index contributed by atoms with van der Waals surface area (Å²) in [6.45, 7) is 2.39. The highest BCUT2D eigenvalue weighted by Crippen LogP contribution is 2.21. The van der Waals surface area contributed by atoms with E-state index in [1.54, 1.807) is 25.1 Å². The minimum atomic E-state index is -1.24. The summed E-state index contributed by atoms with van der Waals surface area (Å²) >= 11 is 11.2. The quantitative estimate of drug-likeness (QED) is 0.612. The van der Waals surface area contributed by atoms with Crippen molar-refractivity contribution in [2.75, 3.05) is 40.2 Å². The number of carbonyl (C=O) groups is 1. The van der Waals surface area contributed by atoms with E-state index in [9.17, 15) is 9.90 Å². The number of ether oxygens (including phenoxy) is 1. The zero-order valence-electron chi connectivity index (χ0n) is 12.3. The fourth-order valence-corrected chi connectivity index (χ4v) is 1.90. The number of aliphatic carboxylic acids is 1. The van der Waals surface area contributed by atoms with Gasteiger partial charge in [-0.25, -0.2) is 0 Å². The molecule has 0 amide bonds. The van der Waals surface area contributed by atoms with Gasteiger partial charge in [-0.1, -0.05) is 11.6 Å². The van der Waals surface area contributed by atoms with Gasteiger partial charge < -0.3 is 19.1 Å². The Hall–Kier alpha value is -0.970. The van der Waals surface area contributed by atoms with Gasteiger partial charge in [0, 0.05) is 5.02 Å². The zero-order chi connectivity index (χ0) is 15.8. The van der Waals surface area contributed by atoms with Crippen LogP contribution in [0.2, 0.25) is 5.02 Å². The molecule has 4 nitrogen and oxygen atoms in total. The lowest BCUT2D eigenvalue weighted by atomic mass is 10.2. The number of hydrogen-bond acceptors (Lipinski definition) is 3. The summed E-state index contributed by atoms with van der Waals surface area (Å²) in [6.07, 6.45) is 0. The number of rotatable bonds is 5. The van der Waals surface area contributed by atoms with Crippen LogP contribution in [0, 0.1) is 6.92 Å². The minimum Gasteiger partial charge on any atom is -0.546 e. The van der Waals surface area contributed by atoms with Crippen LogP contribution in [0.25, 0.3) is 0 Å². The Bertz CT molecular complexity index is 431. The molecule has 0 fully saturated rings. The lowest BCUT2D eigenvalue weighted by Crippen LogP contribution is -2.35. The SMILES string of the molecule is C[N+](C)(C)CCCl.Cc1cc(Cl)ccc1OCC(=O)[O-]. The number of halogens is 2. The van der Waals surface area contributed by atoms with E-state index in [4.69, 9.17) is 27.9 Å². The average Bonchev–Trinajstić information content (AvgIpc) is 2.26. The number of carboxylic acid groups (broad SMARTS) is 1. The van der Waals surface area contributed by atoms with E-state index < -0.39 is 12.6 Å². The maximum atomic E-state index is 10.1. The van der Waals surface area contributed by atoms with E-state index in [2.05, 4.69) is 21.1 Å². The van der Waals surface area contributed by atoms with Gasteiger partial charge in [-0.2, -0.15) is 0 Å². The van der Waals surface area contributed by atoms with Gasteiger partial charge in [0.15, 0.2) is 0 Å². The normalized spacial score (nSPS) is 10.5. The molecule has 0 unspecified atom stereocenters. The van der Waals surface area contributed by atoms with Crippen LogP contribution in [0.15, 0.2) is 18.2 Å². The Morgan fingerprint density at radius 1 is 1.35 bits per heavy atom. The molecule has 1 aromatic carbocycles. The zero-order valence-corrected chi connectivity index (χ0v) is 13.8. The van der Waals surface area contributed by atoms with Gasteiger partial charge in [0.25, 0.3) is 0 Å². The summed E-state index contributed by atoms with van der Waals surface area (Å²) in [5.74, 6) is 0.0201. The van der Waals surface area contributed by atoms with E-state index >= 15 is 0 Å². The summed E-state index contributed by atoms with van der Waals surface area (Å²) in [4.78, 5) is 10.1. The molecule has 0 atom stereocenters. The largest absolute Gasteiger partial charge is 0.546 e. The Kier molecular flexibility index (Phi) is 8.62. The highest BCUT2D eigenvalue weighted by molar-refractivity contribution is 6.30. The van der Waals surface area contributed by atoms with Crippen LogP contribution in [-0.4, -0.2) is 50.6 Å². The first-order valence-corrected chi connectivity index (χ1v) is 7.02. The van der Waals surface area contributed by atoms with Crippen molar-refractivity contribution in [1.29, 1.82) is 0 Å². The third kappa shape index (κ3) is 9.89. The molecular formula is C14H21Cl2NO3. The molecule has 0 saturated carbocycles. The van der Waals surface area contributed by atoms with Crippen molar-refractivity contribution in [2.45, 2.75) is 6.92 Å². The van der Waals surface area contributed by atoms with Crippen LogP contribution < -0.4 is 9.84 Å². The van der Waals surface area contributed by atoms with Gasteiger partial charge in [0.2, 0.25) is 0 Å². The smallest absolute Gasteiger partial charge is 0.128 e. The molecule has 0 heterocycles. The summed E-state index contributed by atoms with van der Waals surface area (Å²) in [5.41, 5.74) is 0.800. The molecule has 0 saturated heterocycles. The van der Waals surface area contributed by atoms with Crippen LogP contribution >= 0.6 is 23.2 Å². The van der Waals surface area contributed by atoms with Crippen molar-refractivity contribution in [1.82, 2.24) is 0 Å². The van der Waals surface area contributed by atoms with Gasteiger partial charge in [-0.3, -0.25) is 0 Å². The number of aryl methyl sites for hydroxylation is 1. The van der Waals surface area contributed by atoms with E-state index in [1.807, 2.05) is 0 Å². The van der Waals surface area contributed by atoms with E-state index in [1.165, 1.54) is 0 Å². The molecule has 1 aromatic rings. The Balaban J connectivity index is 0.000000441. The fourth-order valence-electron chi connectivity index (χ4n) is 1.16. The summed E-state index contributed by atoms with van der Waals surface area (Å²) in [7, 11) is 6.38. The van der Waals surface area contributed by atoms with Gasteiger partial charge in [0.1, 0.15) is 12.4 Å². The van der Waals surface area contributed by atoms with Crippen molar-refractivity contribution < 1.29 is 19.1 Å². The maximum absolute atomic E-state index is 10.1. The first kappa shape index (κ1) is 19.0. The highest BCUT2D eigenvalue weighted by Gasteiger charge is 2.02. The molecule has 114 valence electrons. The van der Waals surface area contributed by atoms with Gasteiger partial charge in [-0.15, -0.1) is 11.6 Å². The number of hydrogen-bond donors (Lipinski definition) is 0. The van der Waals surface area contributed by atoms with Crippen LogP contribution in [0.1, 0.15) is 5.56 Å². The number of quaternary nitrogens is 1. The second-order valence-corrected chi connectivity index (χ2v) is 6.09. The molecule has 20 heavy (non-hydrogen) atoms. The van der Waals surface area contributed by atoms with Gasteiger partial charge in [0.05, 0.1) is 39.5 Å². The first-order valence-electron chi connectivity index (χ1n) is 6.11. The molecule has 0 aromatic heterocycles. The summed E-state index contributed by atoms with van der Waals surface area (Å²) < 4.78 is 5.89. The minimum absolute atomic E-state index is 0.442. The Labute approximate surface area is 130 Å². The molecule has 0 aliphatic carbocycles. The number of nitrogens with zero attached hydrogens (tertiary/aromatic N) is 1. The number of carboxylic acids is 1. The lowest BCUT2D eigenvalue weighted by Gasteiger charge is -2.21. The third-order valence-corrected chi connectivity index (χ3v) is 2.64. The monoisotopic (exact) mass is 321 g/mol. The Morgan fingerprint density at radius 3 is 2.30 bits per heavy atom. The van der Waals surface area contributed by atoms with E-state index in [-0.39, 0.29) is 0 Å². The van der Waals surface area contributed by atoms with Crippen LogP contribution in [0.3, 0.4) is 0 Å². The van der Waals surface area contributed by atoms with Crippen molar-refractivity contribution in [3.05, 3.63) is 28.8 Å². The van der Waals surface area contributed by atoms with Crippen LogP contribution in [0.4, 0.5) is 0 Å². The van der Waals surface area contributed by atoms with E-state index in [0.717, 1.165) is 22.5 Å². The Morgan fingerprint density at radius 2 is 1.95 bits per heavy atom. The molecule has 0 N–H and O–H groups in total. The third-order valence-electron chi connectivity index (χ3n) is 2.24. The van der Waals surface area contributed by atoms with Crippen molar-refractivity contribution in [3.63, 3.8) is 0 Å². The summed E-state index contributed by atoms with van der Waals surface area (Å²) in [6, 6.07) is 4.96. The molecule has 0 radical (unpaired) electrons. The second-order valence-electron chi connectivity index (χ2n) is 5.27. The molecule has 0 spiro atoms. The number of alkyl halides is 1. The topological polar surface area (TPSA) is 49.4 Å². The second kappa shape index (κ2) is 9.06. The maximum Gasteiger partial charge on any atom is 0.128 e. The average molecular weight is 322 g/mol. The standard InChI is InChI=1S/C9H9ClO3.C5H13ClN/c1-6-4-7(10)2-3-8(6)13-5-9(11)12;1-7(2,3)5-4-6/h2-4H,5H2,1H3,(H,11,12);4-5H2,1-3H3/q;+1/p-1. The fraction of sp³-hybridized carbons (Fsp3) is 0.500. The van der Waals surface area contributed by atoms with Crippen molar-refractivity contribution in [2.24, 2.45) is 0 Å². The predicted octanol–water partition coefficient (Wildman–Crippen LogP) is 1.71. The van der Waals surface area contributed by atoms with Crippen molar-refractivity contribution in [3.8, 4) is 5.75 Å². The molecule has 0 bridgehead atoms. The molecular weight excluding hydrogens is 301 g/mol. The van der Waals surface area contributed by atoms with Gasteiger partial charge in [-0.05, 0) is 30.7 Å². The lowest BCUT2D eigenvalue weighted by molar-refractivity contribution is -0.867. The highest BCUT2D eigenvalue weighted by atomic mass is 35.5. The van der Waals surface area contributed by atoms with Gasteiger partial charge >= 0.3 is 0 Å². The molecule has 1 rings (SSSR count). The molecule has 6 heteroatoms. The molecule has 0 aliphatic rings. The van der Waals surface area contributed by atoms with Crippen LogP contribution in [-0.2, 0) is 4.79 Å². The summed E-state index contributed by atoms with van der Waals surface area (Å²) in [5, 5.41) is 10.7. The first-order chi connectivity index (χ1) is 9.15. The van der Waals surface area contributed by atoms with E-state index in [0.29, 0.717) is 10.8 Å².